The Labute approximate surface area is 227 Å². The highest BCUT2D eigenvalue weighted by atomic mass is 16.5. The van der Waals surface area contributed by atoms with Crippen LogP contribution < -0.4 is 10.6 Å². The van der Waals surface area contributed by atoms with Crippen LogP contribution >= 0.6 is 0 Å². The van der Waals surface area contributed by atoms with Gasteiger partial charge in [0, 0.05) is 44.1 Å². The summed E-state index contributed by atoms with van der Waals surface area (Å²) < 4.78 is 11.9. The number of likely N-dealkylation sites (tertiary alicyclic amines) is 1. The summed E-state index contributed by atoms with van der Waals surface area (Å²) in [7, 11) is 0. The molecule has 0 unspecified atom stereocenters. The van der Waals surface area contributed by atoms with Crippen molar-refractivity contribution in [1.82, 2.24) is 35.3 Å². The lowest BCUT2D eigenvalue weighted by atomic mass is 10.0. The van der Waals surface area contributed by atoms with Crippen molar-refractivity contribution < 1.29 is 34.1 Å². The molecule has 7 atom stereocenters. The summed E-state index contributed by atoms with van der Waals surface area (Å²) in [5, 5.41) is 27.2. The number of carbonyl (C=O) groups is 3. The topological polar surface area (TPSA) is 173 Å². The molecule has 1 aromatic rings. The number of H-pyrrole nitrogens is 1. The lowest BCUT2D eigenvalue weighted by Crippen LogP contribution is -2.56. The van der Waals surface area contributed by atoms with Crippen molar-refractivity contribution in [2.75, 3.05) is 39.3 Å². The van der Waals surface area contributed by atoms with Crippen LogP contribution in [0, 0.1) is 0 Å². The monoisotopic (exact) mass is 549 g/mol. The third kappa shape index (κ3) is 6.35. The standard InChI is InChI=1S/C25H39N7O7/c1-14(2)28-25(37)32-11-16-10-30(5-6-38-16)24(36)17-7-15(9-31(17)13-20-26-3-4-27-20)29-21(33)8-18-22(34)23(35)19(12-32)39-18/h3-4,14-19,22-23,34-35H,5-13H2,1-2H3,(H,26,27)(H,28,37)(H,29,33)/t15-,16-,17-,18-,19+,22-,23+/m0/s1. The predicted octanol–water partition coefficient (Wildman–Crippen LogP) is -1.99. The first-order valence-electron chi connectivity index (χ1n) is 13.7. The van der Waals surface area contributed by atoms with Gasteiger partial charge >= 0.3 is 6.03 Å². The first kappa shape index (κ1) is 27.8. The normalized spacial score (nSPS) is 34.4. The van der Waals surface area contributed by atoms with E-state index in [4.69, 9.17) is 9.47 Å². The second-order valence-corrected chi connectivity index (χ2v) is 11.2. The van der Waals surface area contributed by atoms with Gasteiger partial charge in [-0.2, -0.15) is 0 Å². The van der Waals surface area contributed by atoms with Gasteiger partial charge in [0.1, 0.15) is 24.1 Å². The average Bonchev–Trinajstić information content (AvgIpc) is 3.60. The summed E-state index contributed by atoms with van der Waals surface area (Å²) in [6.45, 7) is 5.77. The third-order valence-corrected chi connectivity index (χ3v) is 7.78. The Balaban J connectivity index is 1.41. The van der Waals surface area contributed by atoms with Gasteiger partial charge in [-0.05, 0) is 20.3 Å². The zero-order chi connectivity index (χ0) is 27.7. The number of aromatic nitrogens is 2. The number of fused-ring (bicyclic) bond motifs is 6. The number of nitrogens with zero attached hydrogens (tertiary/aromatic N) is 4. The minimum absolute atomic E-state index is 0.00905. The van der Waals surface area contributed by atoms with Crippen molar-refractivity contribution in [3.8, 4) is 0 Å². The number of rotatable bonds is 3. The molecule has 4 aliphatic rings. The van der Waals surface area contributed by atoms with Crippen molar-refractivity contribution >= 4 is 17.8 Å². The lowest BCUT2D eigenvalue weighted by molar-refractivity contribution is -0.144. The maximum absolute atomic E-state index is 13.8. The van der Waals surface area contributed by atoms with E-state index in [1.165, 1.54) is 4.90 Å². The Morgan fingerprint density at radius 2 is 1.97 bits per heavy atom. The zero-order valence-electron chi connectivity index (χ0n) is 22.4. The number of aliphatic hydroxyl groups excluding tert-OH is 2. The molecule has 0 saturated carbocycles. The summed E-state index contributed by atoms with van der Waals surface area (Å²) >= 11 is 0. The van der Waals surface area contributed by atoms with Gasteiger partial charge in [-0.3, -0.25) is 14.5 Å². The van der Waals surface area contributed by atoms with Crippen molar-refractivity contribution in [2.45, 2.75) is 81.9 Å². The maximum Gasteiger partial charge on any atom is 0.317 e. The summed E-state index contributed by atoms with van der Waals surface area (Å²) in [5.41, 5.74) is 0. The first-order valence-corrected chi connectivity index (χ1v) is 13.7. The fourth-order valence-electron chi connectivity index (χ4n) is 5.91. The number of carbonyl (C=O) groups excluding carboxylic acids is 3. The molecule has 6 bridgehead atoms. The highest BCUT2D eigenvalue weighted by Gasteiger charge is 2.46. The van der Waals surface area contributed by atoms with Gasteiger partial charge in [-0.15, -0.1) is 0 Å². The van der Waals surface area contributed by atoms with Crippen LogP contribution in [0.4, 0.5) is 4.79 Å². The summed E-state index contributed by atoms with van der Waals surface area (Å²) in [4.78, 5) is 52.5. The number of urea groups is 1. The highest BCUT2D eigenvalue weighted by Crippen LogP contribution is 2.27. The van der Waals surface area contributed by atoms with E-state index in [0.717, 1.165) is 5.82 Å². The average molecular weight is 550 g/mol. The van der Waals surface area contributed by atoms with E-state index in [9.17, 15) is 24.6 Å². The number of amides is 4. The van der Waals surface area contributed by atoms with Gasteiger partial charge in [-0.1, -0.05) is 0 Å². The summed E-state index contributed by atoms with van der Waals surface area (Å²) in [6.07, 6.45) is -1.14. The van der Waals surface area contributed by atoms with Crippen LogP contribution in [-0.4, -0.2) is 141 Å². The molecular weight excluding hydrogens is 510 g/mol. The van der Waals surface area contributed by atoms with Crippen LogP contribution in [0.2, 0.25) is 0 Å². The predicted molar refractivity (Wildman–Crippen MR) is 136 cm³/mol. The van der Waals surface area contributed by atoms with E-state index in [-0.39, 0.29) is 49.4 Å². The molecule has 5 heterocycles. The third-order valence-electron chi connectivity index (χ3n) is 7.78. The van der Waals surface area contributed by atoms with Crippen molar-refractivity contribution in [1.29, 1.82) is 0 Å². The van der Waals surface area contributed by atoms with Crippen LogP contribution in [0.15, 0.2) is 12.4 Å². The molecule has 1 aromatic heterocycles. The minimum atomic E-state index is -1.28. The molecular formula is C25H39N7O7. The second kappa shape index (κ2) is 11.8. The van der Waals surface area contributed by atoms with Crippen LogP contribution in [0.5, 0.6) is 0 Å². The van der Waals surface area contributed by atoms with E-state index >= 15 is 0 Å². The van der Waals surface area contributed by atoms with Gasteiger partial charge in [0.05, 0.1) is 50.9 Å². The smallest absolute Gasteiger partial charge is 0.317 e. The first-order chi connectivity index (χ1) is 18.7. The quantitative estimate of drug-likeness (QED) is 0.286. The molecule has 0 spiro atoms. The van der Waals surface area contributed by atoms with Gasteiger partial charge in [0.25, 0.3) is 0 Å². The molecule has 5 rings (SSSR count). The summed E-state index contributed by atoms with van der Waals surface area (Å²) in [5.74, 6) is 0.335. The van der Waals surface area contributed by atoms with Crippen LogP contribution in [-0.2, 0) is 25.6 Å². The summed E-state index contributed by atoms with van der Waals surface area (Å²) in [6, 6.07) is -1.24. The number of imidazole rings is 1. The van der Waals surface area contributed by atoms with Gasteiger partial charge in [0.15, 0.2) is 0 Å². The maximum atomic E-state index is 13.8. The number of nitrogens with one attached hydrogen (secondary N) is 3. The van der Waals surface area contributed by atoms with Crippen LogP contribution in [0.1, 0.15) is 32.5 Å². The minimum Gasteiger partial charge on any atom is -0.388 e. The zero-order valence-corrected chi connectivity index (χ0v) is 22.4. The SMILES string of the molecule is CC(C)NC(=O)N1C[C@@H]2CN(CCO2)C(=O)[C@@H]2C[C@@H](CN2Cc2ncc[nH]2)NC(=O)C[C@@H]2O[C@H](C1)[C@@H](O)[C@H]2O. The highest BCUT2D eigenvalue weighted by molar-refractivity contribution is 5.83. The Kier molecular flexibility index (Phi) is 8.38. The van der Waals surface area contributed by atoms with E-state index in [0.29, 0.717) is 39.2 Å². The van der Waals surface area contributed by atoms with E-state index < -0.39 is 36.6 Å². The van der Waals surface area contributed by atoms with Crippen molar-refractivity contribution in [3.05, 3.63) is 18.2 Å². The van der Waals surface area contributed by atoms with E-state index in [2.05, 4.69) is 20.6 Å². The molecule has 0 aromatic carbocycles. The lowest BCUT2D eigenvalue weighted by Gasteiger charge is -2.38. The molecule has 4 fully saturated rings. The Bertz CT molecular complexity index is 1020. The van der Waals surface area contributed by atoms with Gasteiger partial charge in [-0.25, -0.2) is 9.78 Å². The number of aliphatic hydroxyl groups is 2. The molecule has 0 aliphatic carbocycles. The Morgan fingerprint density at radius 1 is 1.18 bits per heavy atom. The largest absolute Gasteiger partial charge is 0.388 e. The molecule has 5 N–H and O–H groups in total. The van der Waals surface area contributed by atoms with E-state index in [1.807, 2.05) is 18.7 Å². The van der Waals surface area contributed by atoms with Gasteiger partial charge < -0.3 is 45.1 Å². The number of ether oxygens (including phenoxy) is 2. The molecule has 4 amide bonds. The molecule has 14 nitrogen and oxygen atoms in total. The molecule has 0 radical (unpaired) electrons. The molecule has 14 heteroatoms. The number of morpholine rings is 1. The fourth-order valence-corrected chi connectivity index (χ4v) is 5.91. The van der Waals surface area contributed by atoms with Crippen molar-refractivity contribution in [2.24, 2.45) is 0 Å². The van der Waals surface area contributed by atoms with E-state index in [1.54, 1.807) is 17.3 Å². The van der Waals surface area contributed by atoms with Crippen LogP contribution in [0.25, 0.3) is 0 Å². The van der Waals surface area contributed by atoms with Crippen molar-refractivity contribution in [3.63, 3.8) is 0 Å². The number of hydrogen-bond donors (Lipinski definition) is 5. The Hall–Kier alpha value is -2.78. The number of hydrogen-bond acceptors (Lipinski definition) is 9. The van der Waals surface area contributed by atoms with Gasteiger partial charge in [0.2, 0.25) is 11.8 Å². The Morgan fingerprint density at radius 3 is 2.72 bits per heavy atom. The fraction of sp³-hybridized carbons (Fsp3) is 0.760. The molecule has 39 heavy (non-hydrogen) atoms. The molecule has 4 aliphatic heterocycles. The van der Waals surface area contributed by atoms with Crippen LogP contribution in [0.3, 0.4) is 0 Å². The number of aromatic amines is 1. The molecule has 4 saturated heterocycles. The second-order valence-electron chi connectivity index (χ2n) is 11.2. The molecule has 216 valence electrons.